The van der Waals surface area contributed by atoms with Crippen molar-refractivity contribution in [3.05, 3.63) is 58.4 Å². The Morgan fingerprint density at radius 3 is 2.50 bits per heavy atom. The molecule has 106 valence electrons. The molecule has 0 heterocycles. The molecule has 0 aliphatic rings. The van der Waals surface area contributed by atoms with Gasteiger partial charge in [0.1, 0.15) is 5.82 Å². The van der Waals surface area contributed by atoms with E-state index in [1.807, 2.05) is 0 Å². The summed E-state index contributed by atoms with van der Waals surface area (Å²) in [6.07, 6.45) is 0. The number of nitrogen functional groups attached to an aromatic ring is 1. The number of hydrogen-bond donors (Lipinski definition) is 1. The predicted octanol–water partition coefficient (Wildman–Crippen LogP) is 3.34. The number of aryl methyl sites for hydroxylation is 1. The minimum absolute atomic E-state index is 0.0869. The molecule has 0 fully saturated rings. The SMILES string of the molecule is Cc1cc(S(=O)(=O)Cc2ccc(Cl)cc2F)ccc1N. The predicted molar refractivity (Wildman–Crippen MR) is 77.9 cm³/mol. The van der Waals surface area contributed by atoms with E-state index in [9.17, 15) is 12.8 Å². The van der Waals surface area contributed by atoms with Crippen molar-refractivity contribution in [2.75, 3.05) is 5.73 Å². The fourth-order valence-corrected chi connectivity index (χ4v) is 3.37. The van der Waals surface area contributed by atoms with Crippen molar-refractivity contribution in [3.63, 3.8) is 0 Å². The summed E-state index contributed by atoms with van der Waals surface area (Å²) < 4.78 is 38.2. The van der Waals surface area contributed by atoms with E-state index in [2.05, 4.69) is 0 Å². The van der Waals surface area contributed by atoms with Crippen LogP contribution in [0.3, 0.4) is 0 Å². The van der Waals surface area contributed by atoms with Gasteiger partial charge in [0.15, 0.2) is 9.84 Å². The Balaban J connectivity index is 2.38. The molecule has 0 radical (unpaired) electrons. The quantitative estimate of drug-likeness (QED) is 0.884. The molecule has 0 amide bonds. The van der Waals surface area contributed by atoms with Crippen LogP contribution in [0.1, 0.15) is 11.1 Å². The summed E-state index contributed by atoms with van der Waals surface area (Å²) in [7, 11) is -3.63. The standard InChI is InChI=1S/C14H13ClFNO2S/c1-9-6-12(4-5-14(9)17)20(18,19)8-10-2-3-11(15)7-13(10)16/h2-7H,8,17H2,1H3. The van der Waals surface area contributed by atoms with Gasteiger partial charge in [-0.15, -0.1) is 0 Å². The summed E-state index contributed by atoms with van der Waals surface area (Å²) in [5.41, 5.74) is 6.93. The van der Waals surface area contributed by atoms with Crippen molar-refractivity contribution in [1.29, 1.82) is 0 Å². The highest BCUT2D eigenvalue weighted by molar-refractivity contribution is 7.90. The first-order chi connectivity index (χ1) is 9.29. The smallest absolute Gasteiger partial charge is 0.182 e. The van der Waals surface area contributed by atoms with Gasteiger partial charge < -0.3 is 5.73 Å². The van der Waals surface area contributed by atoms with Crippen LogP contribution < -0.4 is 5.73 Å². The van der Waals surface area contributed by atoms with Gasteiger partial charge in [0.05, 0.1) is 10.6 Å². The van der Waals surface area contributed by atoms with Crippen LogP contribution in [0.5, 0.6) is 0 Å². The van der Waals surface area contributed by atoms with E-state index in [1.54, 1.807) is 6.92 Å². The first kappa shape index (κ1) is 14.8. The molecule has 0 bridgehead atoms. The van der Waals surface area contributed by atoms with Crippen LogP contribution in [0, 0.1) is 12.7 Å². The topological polar surface area (TPSA) is 60.2 Å². The largest absolute Gasteiger partial charge is 0.399 e. The van der Waals surface area contributed by atoms with Crippen molar-refractivity contribution in [3.8, 4) is 0 Å². The Morgan fingerprint density at radius 1 is 1.20 bits per heavy atom. The van der Waals surface area contributed by atoms with Crippen molar-refractivity contribution in [1.82, 2.24) is 0 Å². The molecule has 2 aromatic rings. The third-order valence-corrected chi connectivity index (χ3v) is 4.86. The van der Waals surface area contributed by atoms with Crippen LogP contribution in [0.15, 0.2) is 41.3 Å². The highest BCUT2D eigenvalue weighted by Gasteiger charge is 2.18. The summed E-state index contributed by atoms with van der Waals surface area (Å²) in [5.74, 6) is -1.05. The lowest BCUT2D eigenvalue weighted by Crippen LogP contribution is -2.07. The Hall–Kier alpha value is -1.59. The average molecular weight is 314 g/mol. The van der Waals surface area contributed by atoms with E-state index in [1.165, 1.54) is 30.3 Å². The zero-order valence-electron chi connectivity index (χ0n) is 10.7. The number of halogens is 2. The third kappa shape index (κ3) is 3.11. The highest BCUT2D eigenvalue weighted by Crippen LogP contribution is 2.23. The lowest BCUT2D eigenvalue weighted by molar-refractivity contribution is 0.587. The van der Waals surface area contributed by atoms with Gasteiger partial charge in [-0.25, -0.2) is 12.8 Å². The van der Waals surface area contributed by atoms with E-state index in [4.69, 9.17) is 17.3 Å². The number of anilines is 1. The van der Waals surface area contributed by atoms with Gasteiger partial charge in [-0.2, -0.15) is 0 Å². The molecule has 3 nitrogen and oxygen atoms in total. The second kappa shape index (κ2) is 5.42. The van der Waals surface area contributed by atoms with E-state index in [0.717, 1.165) is 6.07 Å². The molecule has 0 saturated carbocycles. The second-order valence-electron chi connectivity index (χ2n) is 4.51. The molecule has 0 aliphatic carbocycles. The summed E-state index contributed by atoms with van der Waals surface area (Å²) in [4.78, 5) is 0.124. The first-order valence-electron chi connectivity index (χ1n) is 5.82. The zero-order valence-corrected chi connectivity index (χ0v) is 12.3. The molecule has 2 rings (SSSR count). The molecule has 0 saturated heterocycles. The van der Waals surface area contributed by atoms with Crippen molar-refractivity contribution >= 4 is 27.1 Å². The number of nitrogens with two attached hydrogens (primary N) is 1. The summed E-state index contributed by atoms with van der Waals surface area (Å²) in [6, 6.07) is 8.37. The fraction of sp³-hybridized carbons (Fsp3) is 0.143. The third-order valence-electron chi connectivity index (χ3n) is 2.96. The lowest BCUT2D eigenvalue weighted by Gasteiger charge is -2.08. The van der Waals surface area contributed by atoms with Gasteiger partial charge >= 0.3 is 0 Å². The molecule has 2 N–H and O–H groups in total. The van der Waals surface area contributed by atoms with Crippen LogP contribution in [-0.2, 0) is 15.6 Å². The molecule has 0 aromatic heterocycles. The van der Waals surface area contributed by atoms with Gasteiger partial charge in [0.25, 0.3) is 0 Å². The zero-order chi connectivity index (χ0) is 14.9. The summed E-state index contributed by atoms with van der Waals surface area (Å²) >= 11 is 5.64. The number of hydrogen-bond acceptors (Lipinski definition) is 3. The molecule has 6 heteroatoms. The van der Waals surface area contributed by atoms with Crippen LogP contribution in [0.2, 0.25) is 5.02 Å². The normalized spacial score (nSPS) is 11.6. The van der Waals surface area contributed by atoms with Crippen LogP contribution >= 0.6 is 11.6 Å². The van der Waals surface area contributed by atoms with E-state index >= 15 is 0 Å². The maximum atomic E-state index is 13.7. The molecular formula is C14H13ClFNO2S. The monoisotopic (exact) mass is 313 g/mol. The van der Waals surface area contributed by atoms with Crippen LogP contribution in [-0.4, -0.2) is 8.42 Å². The van der Waals surface area contributed by atoms with Crippen molar-refractivity contribution in [2.24, 2.45) is 0 Å². The van der Waals surface area contributed by atoms with E-state index in [-0.39, 0.29) is 15.5 Å². The highest BCUT2D eigenvalue weighted by atomic mass is 35.5. The first-order valence-corrected chi connectivity index (χ1v) is 7.85. The second-order valence-corrected chi connectivity index (χ2v) is 6.94. The van der Waals surface area contributed by atoms with Crippen molar-refractivity contribution < 1.29 is 12.8 Å². The van der Waals surface area contributed by atoms with E-state index < -0.39 is 21.4 Å². The lowest BCUT2D eigenvalue weighted by atomic mass is 10.2. The van der Waals surface area contributed by atoms with Gasteiger partial charge in [0.2, 0.25) is 0 Å². The minimum Gasteiger partial charge on any atom is -0.399 e. The maximum Gasteiger partial charge on any atom is 0.182 e. The molecular weight excluding hydrogens is 301 g/mol. The van der Waals surface area contributed by atoms with Crippen molar-refractivity contribution in [2.45, 2.75) is 17.6 Å². The number of sulfone groups is 1. The number of rotatable bonds is 3. The molecule has 0 atom stereocenters. The molecule has 2 aromatic carbocycles. The molecule has 0 unspecified atom stereocenters. The molecule has 0 aliphatic heterocycles. The minimum atomic E-state index is -3.63. The Labute approximate surface area is 122 Å². The summed E-state index contributed by atoms with van der Waals surface area (Å²) in [6.45, 7) is 1.72. The van der Waals surface area contributed by atoms with E-state index in [0.29, 0.717) is 11.3 Å². The fourth-order valence-electron chi connectivity index (χ4n) is 1.77. The average Bonchev–Trinajstić information content (AvgIpc) is 2.36. The maximum absolute atomic E-state index is 13.7. The molecule has 20 heavy (non-hydrogen) atoms. The summed E-state index contributed by atoms with van der Waals surface area (Å²) in [5, 5.41) is 0.229. The van der Waals surface area contributed by atoms with Gasteiger partial charge in [0, 0.05) is 16.3 Å². The molecule has 0 spiro atoms. The Bertz CT molecular complexity index is 760. The van der Waals surface area contributed by atoms with Gasteiger partial charge in [-0.1, -0.05) is 17.7 Å². The Morgan fingerprint density at radius 2 is 1.90 bits per heavy atom. The van der Waals surface area contributed by atoms with Gasteiger partial charge in [-0.3, -0.25) is 0 Å². The van der Waals surface area contributed by atoms with Crippen LogP contribution in [0.25, 0.3) is 0 Å². The van der Waals surface area contributed by atoms with Gasteiger partial charge in [-0.05, 0) is 42.8 Å². The number of benzene rings is 2. The Kier molecular flexibility index (Phi) is 4.01. The van der Waals surface area contributed by atoms with Crippen LogP contribution in [0.4, 0.5) is 10.1 Å².